The summed E-state index contributed by atoms with van der Waals surface area (Å²) in [5.41, 5.74) is -0.528. The Bertz CT molecular complexity index is 891. The molecule has 1 saturated heterocycles. The van der Waals surface area contributed by atoms with Crippen molar-refractivity contribution in [3.05, 3.63) is 29.6 Å². The zero-order valence-electron chi connectivity index (χ0n) is 16.6. The van der Waals surface area contributed by atoms with Gasteiger partial charge in [-0.1, -0.05) is 5.21 Å². The molecular formula is C18H24N6O5. The van der Waals surface area contributed by atoms with E-state index < -0.39 is 5.60 Å². The lowest BCUT2D eigenvalue weighted by Crippen LogP contribution is -2.48. The average Bonchev–Trinajstić information content (AvgIpc) is 3.20. The first-order valence-electron chi connectivity index (χ1n) is 9.12. The molecule has 29 heavy (non-hydrogen) atoms. The van der Waals surface area contributed by atoms with E-state index in [2.05, 4.69) is 20.6 Å². The number of pyridine rings is 1. The van der Waals surface area contributed by atoms with Gasteiger partial charge in [0.05, 0.1) is 32.6 Å². The molecule has 0 bridgehead atoms. The molecule has 11 heteroatoms. The standard InChI is InChI=1S/C18H24N6O5/c1-19-15(25)13-10-24(22-21-13)11-18(27)6-8-23(9-7-18)17(26)12-4-5-14(28-2)20-16(12)29-3/h4-5,10,27H,6-9,11H2,1-3H3,(H,19,25). The maximum Gasteiger partial charge on any atom is 0.273 e. The smallest absolute Gasteiger partial charge is 0.273 e. The Kier molecular flexibility index (Phi) is 5.97. The Hall–Kier alpha value is -3.21. The minimum atomic E-state index is -1.05. The number of carbonyl (C=O) groups excluding carboxylic acids is 2. The molecule has 0 atom stereocenters. The lowest BCUT2D eigenvalue weighted by molar-refractivity contribution is -0.0318. The summed E-state index contributed by atoms with van der Waals surface area (Å²) in [6.07, 6.45) is 2.21. The average molecular weight is 404 g/mol. The first-order chi connectivity index (χ1) is 13.9. The van der Waals surface area contributed by atoms with E-state index in [4.69, 9.17) is 9.47 Å². The van der Waals surface area contributed by atoms with Crippen molar-refractivity contribution in [2.24, 2.45) is 0 Å². The number of amides is 2. The number of aromatic nitrogens is 4. The van der Waals surface area contributed by atoms with Crippen LogP contribution in [-0.4, -0.2) is 81.8 Å². The highest BCUT2D eigenvalue weighted by molar-refractivity contribution is 5.96. The molecule has 3 heterocycles. The van der Waals surface area contributed by atoms with E-state index in [1.165, 1.54) is 32.1 Å². The molecule has 0 spiro atoms. The van der Waals surface area contributed by atoms with Gasteiger partial charge in [0, 0.05) is 26.2 Å². The predicted molar refractivity (Wildman–Crippen MR) is 101 cm³/mol. The van der Waals surface area contributed by atoms with E-state index in [0.717, 1.165) is 0 Å². The van der Waals surface area contributed by atoms with Gasteiger partial charge in [-0.15, -0.1) is 5.10 Å². The van der Waals surface area contributed by atoms with Crippen LogP contribution < -0.4 is 14.8 Å². The van der Waals surface area contributed by atoms with Crippen LogP contribution in [0.15, 0.2) is 18.3 Å². The number of nitrogens with zero attached hydrogens (tertiary/aromatic N) is 5. The number of hydrogen-bond donors (Lipinski definition) is 2. The van der Waals surface area contributed by atoms with Crippen molar-refractivity contribution in [3.63, 3.8) is 0 Å². The summed E-state index contributed by atoms with van der Waals surface area (Å²) in [5, 5.41) is 21.0. The lowest BCUT2D eigenvalue weighted by atomic mass is 9.91. The summed E-state index contributed by atoms with van der Waals surface area (Å²) in [6, 6.07) is 3.22. The van der Waals surface area contributed by atoms with Crippen LogP contribution in [0.3, 0.4) is 0 Å². The van der Waals surface area contributed by atoms with Crippen molar-refractivity contribution in [1.82, 2.24) is 30.2 Å². The van der Waals surface area contributed by atoms with E-state index in [-0.39, 0.29) is 29.9 Å². The maximum atomic E-state index is 12.9. The molecule has 1 fully saturated rings. The molecule has 1 aliphatic rings. The SMILES string of the molecule is CNC(=O)c1cn(CC2(O)CCN(C(=O)c3ccc(OC)nc3OC)CC2)nn1. The van der Waals surface area contributed by atoms with Crippen molar-refractivity contribution in [3.8, 4) is 11.8 Å². The highest BCUT2D eigenvalue weighted by Crippen LogP contribution is 2.27. The van der Waals surface area contributed by atoms with Crippen molar-refractivity contribution in [1.29, 1.82) is 0 Å². The molecule has 11 nitrogen and oxygen atoms in total. The van der Waals surface area contributed by atoms with Crippen LogP contribution in [0.2, 0.25) is 0 Å². The molecular weight excluding hydrogens is 380 g/mol. The van der Waals surface area contributed by atoms with E-state index in [1.807, 2.05) is 0 Å². The quantitative estimate of drug-likeness (QED) is 0.672. The number of rotatable bonds is 6. The number of ether oxygens (including phenoxy) is 2. The number of methoxy groups -OCH3 is 2. The summed E-state index contributed by atoms with van der Waals surface area (Å²) in [5.74, 6) is -0.0117. The van der Waals surface area contributed by atoms with Gasteiger partial charge in [0.15, 0.2) is 5.69 Å². The first kappa shape index (κ1) is 20.5. The van der Waals surface area contributed by atoms with Crippen LogP contribution in [0.4, 0.5) is 0 Å². The van der Waals surface area contributed by atoms with Gasteiger partial charge in [-0.2, -0.15) is 4.98 Å². The fourth-order valence-corrected chi connectivity index (χ4v) is 3.22. The highest BCUT2D eigenvalue weighted by atomic mass is 16.5. The van der Waals surface area contributed by atoms with Gasteiger partial charge >= 0.3 is 0 Å². The molecule has 2 amide bonds. The molecule has 2 N–H and O–H groups in total. The predicted octanol–water partition coefficient (Wildman–Crippen LogP) is -0.283. The van der Waals surface area contributed by atoms with Crippen LogP contribution in [0.25, 0.3) is 0 Å². The Morgan fingerprint density at radius 1 is 1.24 bits per heavy atom. The van der Waals surface area contributed by atoms with Crippen molar-refractivity contribution >= 4 is 11.8 Å². The van der Waals surface area contributed by atoms with Gasteiger partial charge in [-0.05, 0) is 18.9 Å². The summed E-state index contributed by atoms with van der Waals surface area (Å²) < 4.78 is 11.7. The Morgan fingerprint density at radius 2 is 1.97 bits per heavy atom. The van der Waals surface area contributed by atoms with Crippen molar-refractivity contribution < 1.29 is 24.2 Å². The van der Waals surface area contributed by atoms with Gasteiger partial charge in [0.25, 0.3) is 11.8 Å². The number of aliphatic hydroxyl groups is 1. The monoisotopic (exact) mass is 404 g/mol. The molecule has 156 valence electrons. The molecule has 0 saturated carbocycles. The number of piperidine rings is 1. The number of hydrogen-bond acceptors (Lipinski definition) is 8. The second-order valence-electron chi connectivity index (χ2n) is 6.81. The summed E-state index contributed by atoms with van der Waals surface area (Å²) in [7, 11) is 4.44. The van der Waals surface area contributed by atoms with Crippen molar-refractivity contribution in [2.75, 3.05) is 34.4 Å². The van der Waals surface area contributed by atoms with E-state index in [9.17, 15) is 14.7 Å². The molecule has 1 aliphatic heterocycles. The van der Waals surface area contributed by atoms with Gasteiger partial charge in [-0.3, -0.25) is 9.59 Å². The fourth-order valence-electron chi connectivity index (χ4n) is 3.22. The molecule has 0 unspecified atom stereocenters. The minimum absolute atomic E-state index is 0.183. The van der Waals surface area contributed by atoms with E-state index >= 15 is 0 Å². The van der Waals surface area contributed by atoms with Crippen LogP contribution in [-0.2, 0) is 6.54 Å². The third-order valence-corrected chi connectivity index (χ3v) is 4.90. The van der Waals surface area contributed by atoms with Crippen LogP contribution in [0.5, 0.6) is 11.8 Å². The third kappa shape index (κ3) is 4.45. The largest absolute Gasteiger partial charge is 0.481 e. The maximum absolute atomic E-state index is 12.9. The van der Waals surface area contributed by atoms with Gasteiger partial charge in [0.1, 0.15) is 5.56 Å². The fraction of sp³-hybridized carbons (Fsp3) is 0.500. The van der Waals surface area contributed by atoms with Crippen LogP contribution in [0, 0.1) is 0 Å². The summed E-state index contributed by atoms with van der Waals surface area (Å²) >= 11 is 0. The van der Waals surface area contributed by atoms with E-state index in [1.54, 1.807) is 17.0 Å². The second kappa shape index (κ2) is 8.43. The topological polar surface area (TPSA) is 132 Å². The van der Waals surface area contributed by atoms with Gasteiger partial charge in [0.2, 0.25) is 11.8 Å². The van der Waals surface area contributed by atoms with Crippen LogP contribution in [0.1, 0.15) is 33.7 Å². The third-order valence-electron chi connectivity index (χ3n) is 4.90. The molecule has 2 aromatic rings. The number of nitrogens with one attached hydrogen (secondary N) is 1. The summed E-state index contributed by atoms with van der Waals surface area (Å²) in [4.78, 5) is 30.3. The molecule has 2 aromatic heterocycles. The van der Waals surface area contributed by atoms with Crippen molar-refractivity contribution in [2.45, 2.75) is 25.0 Å². The van der Waals surface area contributed by atoms with Crippen LogP contribution >= 0.6 is 0 Å². The Morgan fingerprint density at radius 3 is 2.59 bits per heavy atom. The first-order valence-corrected chi connectivity index (χ1v) is 9.12. The molecule has 3 rings (SSSR count). The Labute approximate surface area is 167 Å². The number of carbonyl (C=O) groups is 2. The minimum Gasteiger partial charge on any atom is -0.481 e. The molecule has 0 radical (unpaired) electrons. The zero-order valence-corrected chi connectivity index (χ0v) is 16.6. The number of likely N-dealkylation sites (tertiary alicyclic amines) is 1. The normalized spacial score (nSPS) is 15.7. The van der Waals surface area contributed by atoms with Gasteiger partial charge in [-0.25, -0.2) is 4.68 Å². The van der Waals surface area contributed by atoms with E-state index in [0.29, 0.717) is 37.4 Å². The molecule has 0 aromatic carbocycles. The zero-order chi connectivity index (χ0) is 21.0. The lowest BCUT2D eigenvalue weighted by Gasteiger charge is -2.38. The molecule has 0 aliphatic carbocycles. The van der Waals surface area contributed by atoms with Gasteiger partial charge < -0.3 is 24.8 Å². The second-order valence-corrected chi connectivity index (χ2v) is 6.81. The highest BCUT2D eigenvalue weighted by Gasteiger charge is 2.35. The Balaban J connectivity index is 1.64. The summed E-state index contributed by atoms with van der Waals surface area (Å²) in [6.45, 7) is 0.912.